The van der Waals surface area contributed by atoms with Gasteiger partial charge < -0.3 is 14.4 Å². The van der Waals surface area contributed by atoms with Crippen LogP contribution >= 0.6 is 0 Å². The van der Waals surface area contributed by atoms with Gasteiger partial charge >= 0.3 is 6.09 Å². The van der Waals surface area contributed by atoms with E-state index >= 15 is 0 Å². The second-order valence-electron chi connectivity index (χ2n) is 9.33. The SMILES string of the molecule is Cc1c(OC(=O)Nc2ccc(N3CCN(C4CCOCC4)CC3)c(C#N)c2)cnn1-c1ccc(F)c(F)c1. The molecule has 38 heavy (non-hydrogen) atoms. The maximum absolute atomic E-state index is 13.6. The third kappa shape index (κ3) is 5.46. The third-order valence-electron chi connectivity index (χ3n) is 7.04. The summed E-state index contributed by atoms with van der Waals surface area (Å²) < 4.78 is 39.1. The van der Waals surface area contributed by atoms with Crippen LogP contribution in [0.3, 0.4) is 0 Å². The fourth-order valence-corrected chi connectivity index (χ4v) is 4.97. The summed E-state index contributed by atoms with van der Waals surface area (Å²) in [5.74, 6) is -1.81. The number of hydrogen-bond acceptors (Lipinski definition) is 7. The summed E-state index contributed by atoms with van der Waals surface area (Å²) in [6.07, 6.45) is 2.68. The van der Waals surface area contributed by atoms with Crippen molar-refractivity contribution in [3.05, 3.63) is 65.5 Å². The normalized spacial score (nSPS) is 16.7. The van der Waals surface area contributed by atoms with E-state index in [1.54, 1.807) is 19.1 Å². The van der Waals surface area contributed by atoms with Crippen LogP contribution in [0, 0.1) is 29.9 Å². The number of amides is 1. The Bertz CT molecular complexity index is 1360. The molecule has 9 nitrogen and oxygen atoms in total. The topological polar surface area (TPSA) is 95.7 Å². The minimum Gasteiger partial charge on any atom is -0.406 e. The molecule has 0 unspecified atom stereocenters. The molecule has 3 heterocycles. The van der Waals surface area contributed by atoms with Crippen molar-refractivity contribution >= 4 is 17.5 Å². The van der Waals surface area contributed by atoms with Gasteiger partial charge in [0.1, 0.15) is 6.07 Å². The van der Waals surface area contributed by atoms with E-state index < -0.39 is 17.7 Å². The van der Waals surface area contributed by atoms with Crippen molar-refractivity contribution in [1.82, 2.24) is 14.7 Å². The maximum Gasteiger partial charge on any atom is 0.417 e. The highest BCUT2D eigenvalue weighted by atomic mass is 19.2. The lowest BCUT2D eigenvalue weighted by molar-refractivity contribution is 0.0321. The molecule has 0 saturated carbocycles. The predicted molar refractivity (Wildman–Crippen MR) is 137 cm³/mol. The Hall–Kier alpha value is -4.01. The van der Waals surface area contributed by atoms with Crippen molar-refractivity contribution in [3.8, 4) is 17.5 Å². The first kappa shape index (κ1) is 25.6. The third-order valence-corrected chi connectivity index (χ3v) is 7.04. The smallest absolute Gasteiger partial charge is 0.406 e. The first-order chi connectivity index (χ1) is 18.4. The standard InChI is InChI=1S/C27H28F2N6O3/c1-18-26(17-31-35(18)22-3-4-23(28)24(29)15-22)38-27(36)32-20-2-5-25(19(14-20)16-30)34-10-8-33(9-11-34)21-6-12-37-13-7-21/h2-5,14-15,17,21H,6-13H2,1H3,(H,32,36). The van der Waals surface area contributed by atoms with Crippen LogP contribution in [-0.2, 0) is 4.74 Å². The Kier molecular flexibility index (Phi) is 7.53. The highest BCUT2D eigenvalue weighted by Crippen LogP contribution is 2.27. The maximum atomic E-state index is 13.6. The van der Waals surface area contributed by atoms with E-state index in [0.29, 0.717) is 28.7 Å². The van der Waals surface area contributed by atoms with Crippen molar-refractivity contribution < 1.29 is 23.0 Å². The predicted octanol–water partition coefficient (Wildman–Crippen LogP) is 4.24. The molecule has 0 atom stereocenters. The van der Waals surface area contributed by atoms with Gasteiger partial charge in [-0.15, -0.1) is 0 Å². The first-order valence-corrected chi connectivity index (χ1v) is 12.5. The second kappa shape index (κ2) is 11.2. The Labute approximate surface area is 219 Å². The van der Waals surface area contributed by atoms with Crippen molar-refractivity contribution in [2.75, 3.05) is 49.6 Å². The summed E-state index contributed by atoms with van der Waals surface area (Å²) in [5.41, 5.74) is 2.44. The minimum atomic E-state index is -1.00. The van der Waals surface area contributed by atoms with Crippen molar-refractivity contribution in [2.45, 2.75) is 25.8 Å². The lowest BCUT2D eigenvalue weighted by Crippen LogP contribution is -2.51. The van der Waals surface area contributed by atoms with Crippen LogP contribution in [0.25, 0.3) is 5.69 Å². The monoisotopic (exact) mass is 522 g/mol. The number of carbonyl (C=O) groups is 1. The summed E-state index contributed by atoms with van der Waals surface area (Å²) in [6.45, 7) is 6.78. The zero-order valence-electron chi connectivity index (χ0n) is 21.0. The highest BCUT2D eigenvalue weighted by Gasteiger charge is 2.26. The van der Waals surface area contributed by atoms with Gasteiger partial charge in [-0.1, -0.05) is 0 Å². The van der Waals surface area contributed by atoms with Gasteiger partial charge in [0.2, 0.25) is 0 Å². The first-order valence-electron chi connectivity index (χ1n) is 12.5. The summed E-state index contributed by atoms with van der Waals surface area (Å²) in [5, 5.41) is 16.5. The van der Waals surface area contributed by atoms with Crippen molar-refractivity contribution in [3.63, 3.8) is 0 Å². The van der Waals surface area contributed by atoms with Gasteiger partial charge in [-0.25, -0.2) is 18.3 Å². The number of nitrogens with zero attached hydrogens (tertiary/aromatic N) is 5. The molecule has 2 fully saturated rings. The van der Waals surface area contributed by atoms with Crippen LogP contribution in [0.4, 0.5) is 25.0 Å². The second-order valence-corrected chi connectivity index (χ2v) is 9.33. The van der Waals surface area contributed by atoms with E-state index in [-0.39, 0.29) is 5.75 Å². The van der Waals surface area contributed by atoms with Crippen LogP contribution in [-0.4, -0.2) is 66.2 Å². The van der Waals surface area contributed by atoms with E-state index in [2.05, 4.69) is 26.3 Å². The largest absolute Gasteiger partial charge is 0.417 e. The van der Waals surface area contributed by atoms with E-state index in [1.807, 2.05) is 6.07 Å². The number of nitriles is 1. The molecule has 198 valence electrons. The average Bonchev–Trinajstić information content (AvgIpc) is 3.30. The Balaban J connectivity index is 1.21. The number of piperazine rings is 1. The van der Waals surface area contributed by atoms with E-state index in [9.17, 15) is 18.8 Å². The van der Waals surface area contributed by atoms with Gasteiger partial charge in [0.25, 0.3) is 0 Å². The molecule has 2 aliphatic heterocycles. The van der Waals surface area contributed by atoms with Crippen molar-refractivity contribution in [1.29, 1.82) is 5.26 Å². The Morgan fingerprint density at radius 1 is 1.11 bits per heavy atom. The van der Waals surface area contributed by atoms with Gasteiger partial charge in [0.15, 0.2) is 17.4 Å². The number of benzene rings is 2. The van der Waals surface area contributed by atoms with E-state index in [4.69, 9.17) is 9.47 Å². The van der Waals surface area contributed by atoms with Crippen LogP contribution in [0.5, 0.6) is 5.75 Å². The van der Waals surface area contributed by atoms with Crippen LogP contribution in [0.1, 0.15) is 24.1 Å². The molecule has 1 aromatic heterocycles. The van der Waals surface area contributed by atoms with Crippen LogP contribution < -0.4 is 15.0 Å². The van der Waals surface area contributed by atoms with Gasteiger partial charge in [-0.05, 0) is 50.1 Å². The molecular weight excluding hydrogens is 494 g/mol. The average molecular weight is 523 g/mol. The lowest BCUT2D eigenvalue weighted by Gasteiger charge is -2.41. The minimum absolute atomic E-state index is 0.159. The molecule has 1 N–H and O–H groups in total. The summed E-state index contributed by atoms with van der Waals surface area (Å²) in [6, 6.07) is 11.4. The number of ether oxygens (including phenoxy) is 2. The Morgan fingerprint density at radius 2 is 1.87 bits per heavy atom. The molecule has 2 aliphatic rings. The molecule has 5 rings (SSSR count). The van der Waals surface area contributed by atoms with Gasteiger partial charge in [-0.3, -0.25) is 10.2 Å². The number of nitrogens with one attached hydrogen (secondary N) is 1. The zero-order valence-corrected chi connectivity index (χ0v) is 21.0. The molecule has 0 bridgehead atoms. The van der Waals surface area contributed by atoms with Crippen LogP contribution in [0.15, 0.2) is 42.6 Å². The summed E-state index contributed by atoms with van der Waals surface area (Å²) in [7, 11) is 0. The number of halogens is 2. The zero-order chi connectivity index (χ0) is 26.6. The molecule has 0 aliphatic carbocycles. The lowest BCUT2D eigenvalue weighted by atomic mass is 10.1. The molecule has 0 radical (unpaired) electrons. The molecule has 3 aromatic rings. The van der Waals surface area contributed by atoms with Gasteiger partial charge in [-0.2, -0.15) is 10.4 Å². The fraction of sp³-hybridized carbons (Fsp3) is 0.370. The van der Waals surface area contributed by atoms with Crippen LogP contribution in [0.2, 0.25) is 0 Å². The fourth-order valence-electron chi connectivity index (χ4n) is 4.97. The van der Waals surface area contributed by atoms with E-state index in [1.165, 1.54) is 16.9 Å². The highest BCUT2D eigenvalue weighted by molar-refractivity contribution is 5.87. The molecule has 1 amide bonds. The van der Waals surface area contributed by atoms with Crippen molar-refractivity contribution in [2.24, 2.45) is 0 Å². The summed E-state index contributed by atoms with van der Waals surface area (Å²) in [4.78, 5) is 17.3. The molecular formula is C27H28F2N6O3. The number of aromatic nitrogens is 2. The number of carbonyl (C=O) groups excluding carboxylic acids is 1. The van der Waals surface area contributed by atoms with Gasteiger partial charge in [0.05, 0.1) is 28.8 Å². The Morgan fingerprint density at radius 3 is 2.58 bits per heavy atom. The number of anilines is 2. The molecule has 0 spiro atoms. The molecule has 11 heteroatoms. The number of rotatable bonds is 5. The van der Waals surface area contributed by atoms with Gasteiger partial charge in [0, 0.05) is 57.2 Å². The summed E-state index contributed by atoms with van der Waals surface area (Å²) >= 11 is 0. The number of hydrogen-bond donors (Lipinski definition) is 1. The quantitative estimate of drug-likeness (QED) is 0.536. The molecule has 2 aromatic carbocycles. The molecule has 2 saturated heterocycles. The van der Waals surface area contributed by atoms with E-state index in [0.717, 1.165) is 70.1 Å².